The third kappa shape index (κ3) is 5.10. The van der Waals surface area contributed by atoms with Gasteiger partial charge in [-0.25, -0.2) is 0 Å². The molecule has 2 rings (SSSR count). The summed E-state index contributed by atoms with van der Waals surface area (Å²) in [5.41, 5.74) is 2.24. The molecule has 126 valence electrons. The summed E-state index contributed by atoms with van der Waals surface area (Å²) in [6, 6.07) is 6.27. The third-order valence-electron chi connectivity index (χ3n) is 4.24. The predicted molar refractivity (Wildman–Crippen MR) is 98.7 cm³/mol. The monoisotopic (exact) mass is 379 g/mol. The zero-order chi connectivity index (χ0) is 16.7. The lowest BCUT2D eigenvalue weighted by Crippen LogP contribution is -2.04. The average molecular weight is 380 g/mol. The second kappa shape index (κ2) is 9.11. The number of unbranched alkanes of at least 4 members (excludes halogenated alkanes) is 5. The van der Waals surface area contributed by atoms with Gasteiger partial charge in [0.15, 0.2) is 0 Å². The number of fused-ring (bicyclic) bond motifs is 1. The molecule has 23 heavy (non-hydrogen) atoms. The van der Waals surface area contributed by atoms with Crippen LogP contribution in [0.5, 0.6) is 0 Å². The highest BCUT2D eigenvalue weighted by Gasteiger charge is 2.12. The first-order chi connectivity index (χ1) is 11.2. The highest BCUT2D eigenvalue weighted by Crippen LogP contribution is 2.26. The minimum atomic E-state index is -0.191. The number of aryl methyl sites for hydroxylation is 1. The minimum absolute atomic E-state index is 0.191. The molecule has 0 N–H and O–H groups in total. The standard InChI is InChI=1S/C19H26BrNO2/c1-3-4-5-6-7-8-11-21-14-15(12-19(22)23-2)17-13-16(20)9-10-18(17)21/h9-10,13-14H,3-8,11-12H2,1-2H3. The van der Waals surface area contributed by atoms with Crippen LogP contribution in [-0.4, -0.2) is 17.6 Å². The molecule has 4 heteroatoms. The summed E-state index contributed by atoms with van der Waals surface area (Å²) >= 11 is 3.52. The first kappa shape index (κ1) is 18.1. The molecular weight excluding hydrogens is 354 g/mol. The maximum Gasteiger partial charge on any atom is 0.310 e. The summed E-state index contributed by atoms with van der Waals surface area (Å²) in [5, 5.41) is 1.13. The van der Waals surface area contributed by atoms with E-state index in [1.54, 1.807) is 0 Å². The molecule has 0 spiro atoms. The number of esters is 1. The number of ether oxygens (including phenoxy) is 1. The molecule has 1 aromatic carbocycles. The van der Waals surface area contributed by atoms with Gasteiger partial charge in [-0.1, -0.05) is 55.0 Å². The summed E-state index contributed by atoms with van der Waals surface area (Å²) in [7, 11) is 1.44. The van der Waals surface area contributed by atoms with E-state index in [4.69, 9.17) is 4.74 Å². The highest BCUT2D eigenvalue weighted by molar-refractivity contribution is 9.10. The normalized spacial score (nSPS) is 11.1. The van der Waals surface area contributed by atoms with Crippen molar-refractivity contribution in [3.05, 3.63) is 34.4 Å². The van der Waals surface area contributed by atoms with Crippen molar-refractivity contribution in [2.24, 2.45) is 0 Å². The number of benzene rings is 1. The Morgan fingerprint density at radius 3 is 2.65 bits per heavy atom. The van der Waals surface area contributed by atoms with Gasteiger partial charge in [-0.15, -0.1) is 0 Å². The van der Waals surface area contributed by atoms with Crippen molar-refractivity contribution < 1.29 is 9.53 Å². The van der Waals surface area contributed by atoms with Gasteiger partial charge in [0.2, 0.25) is 0 Å². The molecule has 0 aliphatic heterocycles. The third-order valence-corrected chi connectivity index (χ3v) is 4.73. The molecule has 0 aliphatic rings. The molecule has 0 saturated carbocycles. The molecule has 2 aromatic rings. The van der Waals surface area contributed by atoms with Crippen molar-refractivity contribution in [2.75, 3.05) is 7.11 Å². The quantitative estimate of drug-likeness (QED) is 0.426. The van der Waals surface area contributed by atoms with Crippen molar-refractivity contribution in [3.63, 3.8) is 0 Å². The summed E-state index contributed by atoms with van der Waals surface area (Å²) < 4.78 is 8.13. The minimum Gasteiger partial charge on any atom is -0.469 e. The number of methoxy groups -OCH3 is 1. The predicted octanol–water partition coefficient (Wildman–Crippen LogP) is 5.48. The molecule has 0 fully saturated rings. The molecule has 0 radical (unpaired) electrons. The number of aromatic nitrogens is 1. The summed E-state index contributed by atoms with van der Waals surface area (Å²) in [4.78, 5) is 11.6. The maximum atomic E-state index is 11.6. The molecule has 0 amide bonds. The molecule has 0 atom stereocenters. The van der Waals surface area contributed by atoms with E-state index in [9.17, 15) is 4.79 Å². The number of rotatable bonds is 9. The van der Waals surface area contributed by atoms with Gasteiger partial charge in [0, 0.05) is 28.1 Å². The van der Waals surface area contributed by atoms with Crippen LogP contribution < -0.4 is 0 Å². The van der Waals surface area contributed by atoms with Gasteiger partial charge in [0.25, 0.3) is 0 Å². The topological polar surface area (TPSA) is 31.2 Å². The van der Waals surface area contributed by atoms with E-state index in [0.29, 0.717) is 6.42 Å². The lowest BCUT2D eigenvalue weighted by Gasteiger charge is -2.05. The first-order valence-electron chi connectivity index (χ1n) is 8.49. The second-order valence-corrected chi connectivity index (χ2v) is 6.95. The van der Waals surface area contributed by atoms with Crippen molar-refractivity contribution in [1.82, 2.24) is 4.57 Å². The average Bonchev–Trinajstić information content (AvgIpc) is 2.87. The number of hydrogen-bond acceptors (Lipinski definition) is 2. The Hall–Kier alpha value is -1.29. The van der Waals surface area contributed by atoms with Gasteiger partial charge >= 0.3 is 5.97 Å². The lowest BCUT2D eigenvalue weighted by molar-refractivity contribution is -0.139. The molecule has 1 aromatic heterocycles. The Morgan fingerprint density at radius 1 is 1.17 bits per heavy atom. The van der Waals surface area contributed by atoms with Gasteiger partial charge in [-0.3, -0.25) is 4.79 Å². The van der Waals surface area contributed by atoms with Crippen LogP contribution in [0.3, 0.4) is 0 Å². The van der Waals surface area contributed by atoms with Crippen LogP contribution in [0.2, 0.25) is 0 Å². The molecule has 3 nitrogen and oxygen atoms in total. The Bertz CT molecular complexity index is 648. The highest BCUT2D eigenvalue weighted by atomic mass is 79.9. The summed E-state index contributed by atoms with van der Waals surface area (Å²) in [5.74, 6) is -0.191. The SMILES string of the molecule is CCCCCCCCn1cc(CC(=O)OC)c2cc(Br)ccc21. The summed E-state index contributed by atoms with van der Waals surface area (Å²) in [6.07, 6.45) is 10.2. The Kier molecular flexibility index (Phi) is 7.15. The van der Waals surface area contributed by atoms with Crippen LogP contribution >= 0.6 is 15.9 Å². The van der Waals surface area contributed by atoms with Crippen LogP contribution in [0, 0.1) is 0 Å². The molecule has 0 bridgehead atoms. The molecular formula is C19H26BrNO2. The van der Waals surface area contributed by atoms with Crippen molar-refractivity contribution in [3.8, 4) is 0 Å². The molecule has 0 saturated heterocycles. The molecule has 1 heterocycles. The number of hydrogen-bond donors (Lipinski definition) is 0. The van der Waals surface area contributed by atoms with E-state index < -0.39 is 0 Å². The molecule has 0 unspecified atom stereocenters. The van der Waals surface area contributed by atoms with E-state index in [2.05, 4.69) is 51.8 Å². The number of halogens is 1. The maximum absolute atomic E-state index is 11.6. The Balaban J connectivity index is 2.08. The van der Waals surface area contributed by atoms with Crippen LogP contribution in [-0.2, 0) is 22.5 Å². The Labute approximate surface area is 147 Å². The first-order valence-corrected chi connectivity index (χ1v) is 9.29. The van der Waals surface area contributed by atoms with Crippen molar-refractivity contribution >= 4 is 32.8 Å². The largest absolute Gasteiger partial charge is 0.469 e. The summed E-state index contributed by atoms with van der Waals surface area (Å²) in [6.45, 7) is 3.25. The van der Waals surface area contributed by atoms with E-state index in [1.165, 1.54) is 51.2 Å². The van der Waals surface area contributed by atoms with Gasteiger partial charge in [0.05, 0.1) is 13.5 Å². The smallest absolute Gasteiger partial charge is 0.310 e. The second-order valence-electron chi connectivity index (χ2n) is 6.03. The van der Waals surface area contributed by atoms with Crippen LogP contribution in [0.25, 0.3) is 10.9 Å². The van der Waals surface area contributed by atoms with E-state index in [-0.39, 0.29) is 5.97 Å². The van der Waals surface area contributed by atoms with Crippen LogP contribution in [0.15, 0.2) is 28.9 Å². The number of nitrogens with zero attached hydrogens (tertiary/aromatic N) is 1. The van der Waals surface area contributed by atoms with E-state index in [1.807, 2.05) is 0 Å². The fraction of sp³-hybridized carbons (Fsp3) is 0.526. The van der Waals surface area contributed by atoms with Crippen LogP contribution in [0.4, 0.5) is 0 Å². The van der Waals surface area contributed by atoms with Gasteiger partial charge < -0.3 is 9.30 Å². The zero-order valence-electron chi connectivity index (χ0n) is 14.1. The number of carbonyl (C=O) groups excluding carboxylic acids is 1. The van der Waals surface area contributed by atoms with Crippen LogP contribution in [0.1, 0.15) is 51.0 Å². The van der Waals surface area contributed by atoms with Gasteiger partial charge in [-0.05, 0) is 30.2 Å². The fourth-order valence-corrected chi connectivity index (χ4v) is 3.32. The van der Waals surface area contributed by atoms with Crippen molar-refractivity contribution in [2.45, 2.75) is 58.4 Å². The van der Waals surface area contributed by atoms with E-state index in [0.717, 1.165) is 22.0 Å². The van der Waals surface area contributed by atoms with E-state index >= 15 is 0 Å². The lowest BCUT2D eigenvalue weighted by atomic mass is 10.1. The van der Waals surface area contributed by atoms with Gasteiger partial charge in [0.1, 0.15) is 0 Å². The van der Waals surface area contributed by atoms with Crippen molar-refractivity contribution in [1.29, 1.82) is 0 Å². The van der Waals surface area contributed by atoms with Gasteiger partial charge in [-0.2, -0.15) is 0 Å². The fourth-order valence-electron chi connectivity index (χ4n) is 2.96. The zero-order valence-corrected chi connectivity index (χ0v) is 15.7. The molecule has 0 aliphatic carbocycles. The Morgan fingerprint density at radius 2 is 1.91 bits per heavy atom. The number of carbonyl (C=O) groups is 1.